The molecule has 0 radical (unpaired) electrons. The Morgan fingerprint density at radius 1 is 1.29 bits per heavy atom. The molecule has 2 N–H and O–H groups in total. The fraction of sp³-hybridized carbons (Fsp3) is 0.917. The molecule has 0 spiro atoms. The Balaban J connectivity index is 4.11. The minimum Gasteiger partial charge on any atom is -0.383 e. The number of hydrogen-bond donors (Lipinski definition) is 1. The number of carbonyl (C=O) groups is 1. The van der Waals surface area contributed by atoms with E-state index in [2.05, 4.69) is 0 Å². The van der Waals surface area contributed by atoms with Crippen LogP contribution in [-0.4, -0.2) is 56.4 Å². The standard InChI is InChI=1S/C12H26N2O3/c1-12(2,3)17-10-11(15)14(7-5-6-13)8-9-16-4/h5-10,13H2,1-4H3. The second-order valence-corrected chi connectivity index (χ2v) is 4.92. The number of ether oxygens (including phenoxy) is 2. The number of nitrogens with two attached hydrogens (primary N) is 1. The normalized spacial score (nSPS) is 11.6. The first-order valence-corrected chi connectivity index (χ1v) is 6.01. The molecule has 0 heterocycles. The molecule has 1 amide bonds. The van der Waals surface area contributed by atoms with E-state index in [1.54, 1.807) is 12.0 Å². The van der Waals surface area contributed by atoms with Gasteiger partial charge in [0.15, 0.2) is 0 Å². The Morgan fingerprint density at radius 3 is 2.41 bits per heavy atom. The predicted octanol–water partition coefficient (Wildman–Crippen LogP) is 0.625. The summed E-state index contributed by atoms with van der Waals surface area (Å²) in [4.78, 5) is 13.6. The van der Waals surface area contributed by atoms with Gasteiger partial charge in [0.2, 0.25) is 5.91 Å². The highest BCUT2D eigenvalue weighted by molar-refractivity contribution is 5.77. The van der Waals surface area contributed by atoms with Crippen LogP contribution in [0.25, 0.3) is 0 Å². The van der Waals surface area contributed by atoms with E-state index in [1.165, 1.54) is 0 Å². The second kappa shape index (κ2) is 8.44. The lowest BCUT2D eigenvalue weighted by atomic mass is 10.2. The third kappa shape index (κ3) is 9.09. The first kappa shape index (κ1) is 16.4. The average molecular weight is 246 g/mol. The molecule has 0 saturated heterocycles. The van der Waals surface area contributed by atoms with Crippen molar-refractivity contribution >= 4 is 5.91 Å². The van der Waals surface area contributed by atoms with Gasteiger partial charge < -0.3 is 20.1 Å². The topological polar surface area (TPSA) is 64.8 Å². The van der Waals surface area contributed by atoms with Gasteiger partial charge in [-0.2, -0.15) is 0 Å². The first-order chi connectivity index (χ1) is 7.90. The molecule has 0 atom stereocenters. The molecule has 0 fully saturated rings. The quantitative estimate of drug-likeness (QED) is 0.682. The van der Waals surface area contributed by atoms with Crippen LogP contribution in [0.4, 0.5) is 0 Å². The summed E-state index contributed by atoms with van der Waals surface area (Å²) in [6.07, 6.45) is 0.797. The Hall–Kier alpha value is -0.650. The van der Waals surface area contributed by atoms with E-state index in [-0.39, 0.29) is 18.1 Å². The largest absolute Gasteiger partial charge is 0.383 e. The summed E-state index contributed by atoms with van der Waals surface area (Å²) in [5.41, 5.74) is 5.15. The van der Waals surface area contributed by atoms with Gasteiger partial charge in [-0.25, -0.2) is 0 Å². The number of methoxy groups -OCH3 is 1. The van der Waals surface area contributed by atoms with Crippen LogP contribution in [-0.2, 0) is 14.3 Å². The van der Waals surface area contributed by atoms with Crippen LogP contribution >= 0.6 is 0 Å². The zero-order valence-electron chi connectivity index (χ0n) is 11.5. The van der Waals surface area contributed by atoms with Crippen molar-refractivity contribution in [3.8, 4) is 0 Å². The van der Waals surface area contributed by atoms with Crippen LogP contribution in [0.1, 0.15) is 27.2 Å². The van der Waals surface area contributed by atoms with Gasteiger partial charge in [0.1, 0.15) is 6.61 Å². The van der Waals surface area contributed by atoms with Crippen molar-refractivity contribution in [1.82, 2.24) is 4.90 Å². The fourth-order valence-corrected chi connectivity index (χ4v) is 1.21. The lowest BCUT2D eigenvalue weighted by Crippen LogP contribution is -2.39. The van der Waals surface area contributed by atoms with Crippen molar-refractivity contribution in [1.29, 1.82) is 0 Å². The van der Waals surface area contributed by atoms with Crippen LogP contribution in [0.5, 0.6) is 0 Å². The molecule has 0 aliphatic carbocycles. The molecular formula is C12H26N2O3. The van der Waals surface area contributed by atoms with Gasteiger partial charge in [-0.1, -0.05) is 0 Å². The molecule has 0 aromatic heterocycles. The van der Waals surface area contributed by atoms with Crippen LogP contribution < -0.4 is 5.73 Å². The SMILES string of the molecule is COCCN(CCCN)C(=O)COC(C)(C)C. The molecule has 0 aromatic rings. The summed E-state index contributed by atoms with van der Waals surface area (Å²) in [7, 11) is 1.62. The highest BCUT2D eigenvalue weighted by Crippen LogP contribution is 2.07. The number of rotatable bonds is 8. The number of amides is 1. The summed E-state index contributed by atoms with van der Waals surface area (Å²) in [5, 5.41) is 0. The van der Waals surface area contributed by atoms with Crippen LogP contribution in [0, 0.1) is 0 Å². The maximum atomic E-state index is 11.9. The molecule has 5 nitrogen and oxygen atoms in total. The lowest BCUT2D eigenvalue weighted by molar-refractivity contribution is -0.141. The van der Waals surface area contributed by atoms with Gasteiger partial charge >= 0.3 is 0 Å². The Bertz CT molecular complexity index is 206. The monoisotopic (exact) mass is 246 g/mol. The second-order valence-electron chi connectivity index (χ2n) is 4.92. The molecule has 102 valence electrons. The lowest BCUT2D eigenvalue weighted by Gasteiger charge is -2.25. The molecule has 0 saturated carbocycles. The molecule has 0 aromatic carbocycles. The Labute approximate surface area is 104 Å². The zero-order valence-corrected chi connectivity index (χ0v) is 11.5. The van der Waals surface area contributed by atoms with Crippen LogP contribution in [0.3, 0.4) is 0 Å². The van der Waals surface area contributed by atoms with Gasteiger partial charge in [0.05, 0.1) is 12.2 Å². The first-order valence-electron chi connectivity index (χ1n) is 6.01. The number of carbonyl (C=O) groups excluding carboxylic acids is 1. The van der Waals surface area contributed by atoms with E-state index < -0.39 is 0 Å². The molecule has 5 heteroatoms. The third-order valence-corrected chi connectivity index (χ3v) is 2.18. The van der Waals surface area contributed by atoms with Gasteiger partial charge in [-0.3, -0.25) is 4.79 Å². The van der Waals surface area contributed by atoms with Crippen molar-refractivity contribution in [3.63, 3.8) is 0 Å². The van der Waals surface area contributed by atoms with E-state index in [4.69, 9.17) is 15.2 Å². The van der Waals surface area contributed by atoms with Crippen molar-refractivity contribution in [3.05, 3.63) is 0 Å². The van der Waals surface area contributed by atoms with E-state index in [1.807, 2.05) is 20.8 Å². The summed E-state index contributed by atoms with van der Waals surface area (Å²) in [6, 6.07) is 0. The van der Waals surface area contributed by atoms with Gasteiger partial charge in [0, 0.05) is 20.2 Å². The summed E-state index contributed by atoms with van der Waals surface area (Å²) >= 11 is 0. The van der Waals surface area contributed by atoms with Crippen molar-refractivity contribution in [2.45, 2.75) is 32.8 Å². The maximum absolute atomic E-state index is 11.9. The molecule has 0 aliphatic rings. The highest BCUT2D eigenvalue weighted by Gasteiger charge is 2.17. The van der Waals surface area contributed by atoms with E-state index in [9.17, 15) is 4.79 Å². The van der Waals surface area contributed by atoms with Crippen molar-refractivity contribution < 1.29 is 14.3 Å². The number of hydrogen-bond acceptors (Lipinski definition) is 4. The van der Waals surface area contributed by atoms with Crippen LogP contribution in [0.2, 0.25) is 0 Å². The summed E-state index contributed by atoms with van der Waals surface area (Å²) in [5.74, 6) is -0.00887. The maximum Gasteiger partial charge on any atom is 0.248 e. The highest BCUT2D eigenvalue weighted by atomic mass is 16.5. The predicted molar refractivity (Wildman–Crippen MR) is 67.8 cm³/mol. The molecular weight excluding hydrogens is 220 g/mol. The fourth-order valence-electron chi connectivity index (χ4n) is 1.21. The zero-order chi connectivity index (χ0) is 13.3. The molecule has 0 unspecified atom stereocenters. The van der Waals surface area contributed by atoms with Gasteiger partial charge in [0.25, 0.3) is 0 Å². The minimum absolute atomic E-state index is 0.00887. The molecule has 17 heavy (non-hydrogen) atoms. The van der Waals surface area contributed by atoms with Gasteiger partial charge in [-0.15, -0.1) is 0 Å². The van der Waals surface area contributed by atoms with Crippen molar-refractivity contribution in [2.75, 3.05) is 40.0 Å². The van der Waals surface area contributed by atoms with Crippen LogP contribution in [0.15, 0.2) is 0 Å². The van der Waals surface area contributed by atoms with E-state index in [0.717, 1.165) is 6.42 Å². The average Bonchev–Trinajstić information content (AvgIpc) is 2.25. The Kier molecular flexibility index (Phi) is 8.12. The third-order valence-electron chi connectivity index (χ3n) is 2.18. The molecule has 0 aliphatic heterocycles. The van der Waals surface area contributed by atoms with E-state index >= 15 is 0 Å². The van der Waals surface area contributed by atoms with E-state index in [0.29, 0.717) is 26.2 Å². The minimum atomic E-state index is -0.295. The molecule has 0 bridgehead atoms. The van der Waals surface area contributed by atoms with Gasteiger partial charge in [-0.05, 0) is 33.7 Å². The molecule has 0 rings (SSSR count). The van der Waals surface area contributed by atoms with Crippen molar-refractivity contribution in [2.24, 2.45) is 5.73 Å². The summed E-state index contributed by atoms with van der Waals surface area (Å²) < 4.78 is 10.5. The Morgan fingerprint density at radius 2 is 1.94 bits per heavy atom. The summed E-state index contributed by atoms with van der Waals surface area (Å²) in [6.45, 7) is 8.26. The smallest absolute Gasteiger partial charge is 0.248 e. The number of nitrogens with zero attached hydrogens (tertiary/aromatic N) is 1.